The fourth-order valence-electron chi connectivity index (χ4n) is 17.5. The van der Waals surface area contributed by atoms with Crippen molar-refractivity contribution in [1.82, 2.24) is 9.97 Å². The van der Waals surface area contributed by atoms with Gasteiger partial charge in [-0.3, -0.25) is 24.5 Å². The second kappa shape index (κ2) is 17.5. The average molecular weight is 1030 g/mol. The Hall–Kier alpha value is -6.01. The van der Waals surface area contributed by atoms with Crippen molar-refractivity contribution in [2.24, 2.45) is 57.2 Å². The SMILES string of the molecule is C#Cc1ccc2nc(NC(=O)[C@@]3(O)CCC4C5CCC6=CC(=O)C=CC6(C)C5[C@@H](O)CC43C)[nH]c2c1.CC1(C)O[C@@H]2CC3C4CCC5=CC(=O)C=CC5(C)C4[C@@H](O)CC3(C)[C@]2(C(=O)COc2ccc3ccccc3c2)O1. The van der Waals surface area contributed by atoms with Crippen LogP contribution in [0.3, 0.4) is 0 Å². The third-order valence-corrected chi connectivity index (χ3v) is 20.9. The quantitative estimate of drug-likeness (QED) is 0.116. The number of allylic oxidation sites excluding steroid dienone is 8. The van der Waals surface area contributed by atoms with Crippen molar-refractivity contribution in [2.45, 2.75) is 135 Å². The number of rotatable bonds is 6. The molecule has 2 heterocycles. The van der Waals surface area contributed by atoms with Crippen molar-refractivity contribution in [2.75, 3.05) is 11.9 Å². The summed E-state index contributed by atoms with van der Waals surface area (Å²) in [6, 6.07) is 19.3. The summed E-state index contributed by atoms with van der Waals surface area (Å²) in [6.07, 6.45) is 20.3. The molecule has 1 saturated heterocycles. The number of imidazole rings is 1. The van der Waals surface area contributed by atoms with E-state index in [1.165, 1.54) is 0 Å². The van der Waals surface area contributed by atoms with Crippen LogP contribution in [0.2, 0.25) is 0 Å². The van der Waals surface area contributed by atoms with E-state index < -0.39 is 52.0 Å². The molecule has 9 aliphatic rings. The van der Waals surface area contributed by atoms with E-state index >= 15 is 0 Å². The second-order valence-electron chi connectivity index (χ2n) is 25.0. The molecule has 1 aliphatic heterocycles. The second-order valence-corrected chi connectivity index (χ2v) is 25.0. The van der Waals surface area contributed by atoms with E-state index in [9.17, 15) is 34.5 Å². The molecule has 0 spiro atoms. The Kier molecular flexibility index (Phi) is 11.7. The van der Waals surface area contributed by atoms with Crippen LogP contribution in [-0.4, -0.2) is 90.5 Å². The maximum atomic E-state index is 14.4. The lowest BCUT2D eigenvalue weighted by Gasteiger charge is -2.59. The van der Waals surface area contributed by atoms with Gasteiger partial charge in [-0.25, -0.2) is 4.98 Å². The van der Waals surface area contributed by atoms with Crippen LogP contribution >= 0.6 is 0 Å². The van der Waals surface area contributed by atoms with E-state index in [0.29, 0.717) is 54.5 Å². The lowest BCUT2D eigenvalue weighted by atomic mass is 9.46. The van der Waals surface area contributed by atoms with Gasteiger partial charge in [-0.15, -0.1) is 6.42 Å². The summed E-state index contributed by atoms with van der Waals surface area (Å²) < 4.78 is 19.3. The van der Waals surface area contributed by atoms with Gasteiger partial charge < -0.3 is 34.5 Å². The van der Waals surface area contributed by atoms with Crippen molar-refractivity contribution in [3.63, 3.8) is 0 Å². The largest absolute Gasteiger partial charge is 0.486 e. The minimum atomic E-state index is -1.64. The molecule has 13 heteroatoms. The predicted molar refractivity (Wildman–Crippen MR) is 286 cm³/mol. The fourth-order valence-corrected chi connectivity index (χ4v) is 17.5. The highest BCUT2D eigenvalue weighted by Crippen LogP contribution is 2.71. The van der Waals surface area contributed by atoms with E-state index in [1.807, 2.05) is 75.4 Å². The topological polar surface area (TPSA) is 197 Å². The van der Waals surface area contributed by atoms with E-state index in [2.05, 4.69) is 42.0 Å². The molecule has 7 fully saturated rings. The molecule has 10 unspecified atom stereocenters. The zero-order valence-corrected chi connectivity index (χ0v) is 44.2. The number of terminal acetylenes is 1. The number of aliphatic hydroxyl groups excluding tert-OH is 2. The molecule has 3 aromatic carbocycles. The van der Waals surface area contributed by atoms with Gasteiger partial charge in [-0.05, 0) is 161 Å². The predicted octanol–water partition coefficient (Wildman–Crippen LogP) is 9.06. The van der Waals surface area contributed by atoms with Gasteiger partial charge in [-0.2, -0.15) is 0 Å². The first-order valence-corrected chi connectivity index (χ1v) is 27.3. The lowest BCUT2D eigenvalue weighted by Crippen LogP contribution is -2.64. The Bertz CT molecular complexity index is 3310. The van der Waals surface area contributed by atoms with Crippen LogP contribution in [0.5, 0.6) is 5.75 Å². The first-order valence-electron chi connectivity index (χ1n) is 27.3. The zero-order valence-electron chi connectivity index (χ0n) is 44.2. The number of anilines is 1. The number of amides is 1. The van der Waals surface area contributed by atoms with E-state index in [0.717, 1.165) is 47.6 Å². The van der Waals surface area contributed by atoms with Crippen LogP contribution in [0.4, 0.5) is 5.95 Å². The van der Waals surface area contributed by atoms with E-state index in [4.69, 9.17) is 20.6 Å². The first kappa shape index (κ1) is 50.8. The molecule has 0 bridgehead atoms. The van der Waals surface area contributed by atoms with Crippen LogP contribution < -0.4 is 10.1 Å². The van der Waals surface area contributed by atoms with Gasteiger partial charge in [0.2, 0.25) is 11.7 Å². The summed E-state index contributed by atoms with van der Waals surface area (Å²) in [6.45, 7) is 12.0. The van der Waals surface area contributed by atoms with Crippen LogP contribution in [-0.2, 0) is 28.7 Å². The number of nitrogens with zero attached hydrogens (tertiary/aromatic N) is 1. The standard InChI is InChI=1S/C34H38O6.C29H31N3O4/c1-31(2)39-29-17-26-25-12-10-22-16-23(35)13-14-32(22,3)30(25)27(36)18-33(26,4)34(29,40-31)28(37)19-38-24-11-9-20-7-5-6-8-21(20)15-24;1-4-16-5-8-21-22(13-16)31-26(30-21)32-25(35)29(36)12-10-20-19-7-6-17-14-18(33)9-11-27(17,2)24(19)23(34)15-28(20,29)3/h5-9,11,13-16,25-27,29-30,36H,10,12,17-19H2,1-4H3;1,5,8-9,11,13-14,19-20,23-24,34,36H,6-7,10,12,15H2,2-3H3,(H2,30,31,32,35)/t25?,26?,27-,29+,30?,32?,33?,34+;19?,20?,23-,24?,27?,28?,29-/m00/s1. The lowest BCUT2D eigenvalue weighted by molar-refractivity contribution is -0.225. The maximum absolute atomic E-state index is 14.4. The number of aliphatic hydroxyl groups is 3. The summed E-state index contributed by atoms with van der Waals surface area (Å²) in [4.78, 5) is 59.7. The molecule has 5 N–H and O–H groups in total. The molecule has 1 aromatic heterocycles. The molecule has 0 radical (unpaired) electrons. The molecular weight excluding hydrogens is 959 g/mol. The number of aromatic amines is 1. The molecule has 76 heavy (non-hydrogen) atoms. The molecule has 8 aliphatic carbocycles. The molecule has 4 aromatic rings. The van der Waals surface area contributed by atoms with Crippen LogP contribution in [0.15, 0.2) is 108 Å². The van der Waals surface area contributed by atoms with Gasteiger partial charge in [-0.1, -0.05) is 87.2 Å². The zero-order chi connectivity index (χ0) is 53.5. The summed E-state index contributed by atoms with van der Waals surface area (Å²) in [7, 11) is 0. The number of fused-ring (bicyclic) bond motifs is 14. The minimum absolute atomic E-state index is 0.00377. The number of carbonyl (C=O) groups excluding carboxylic acids is 4. The Balaban J connectivity index is 0.000000154. The van der Waals surface area contributed by atoms with Gasteiger partial charge >= 0.3 is 0 Å². The maximum Gasteiger partial charge on any atom is 0.259 e. The monoisotopic (exact) mass is 1030 g/mol. The Morgan fingerprint density at radius 2 is 1.45 bits per heavy atom. The fraction of sp³-hybridized carbons (Fsp3) is 0.508. The van der Waals surface area contributed by atoms with Crippen molar-refractivity contribution < 1.29 is 48.7 Å². The number of aromatic nitrogens is 2. The Morgan fingerprint density at radius 3 is 2.11 bits per heavy atom. The van der Waals surface area contributed by atoms with Crippen molar-refractivity contribution in [1.29, 1.82) is 0 Å². The van der Waals surface area contributed by atoms with Gasteiger partial charge in [0.25, 0.3) is 5.91 Å². The highest BCUT2D eigenvalue weighted by atomic mass is 16.8. The third kappa shape index (κ3) is 7.40. The summed E-state index contributed by atoms with van der Waals surface area (Å²) in [5.41, 5.74) is -0.726. The number of carbonyl (C=O) groups is 4. The molecule has 13 rings (SSSR count). The molecule has 13 nitrogen and oxygen atoms in total. The third-order valence-electron chi connectivity index (χ3n) is 20.9. The number of nitrogens with one attached hydrogen (secondary N) is 2. The number of benzene rings is 3. The summed E-state index contributed by atoms with van der Waals surface area (Å²) in [5, 5.41) is 40.3. The number of ketones is 3. The van der Waals surface area contributed by atoms with Crippen LogP contribution in [0, 0.1) is 69.5 Å². The smallest absolute Gasteiger partial charge is 0.259 e. The van der Waals surface area contributed by atoms with E-state index in [1.54, 1.807) is 42.5 Å². The molecule has 15 atom stereocenters. The van der Waals surface area contributed by atoms with E-state index in [-0.39, 0.29) is 76.2 Å². The van der Waals surface area contributed by atoms with Gasteiger partial charge in [0.15, 0.2) is 23.0 Å². The average Bonchev–Trinajstić information content (AvgIpc) is 4.22. The van der Waals surface area contributed by atoms with Gasteiger partial charge in [0, 0.05) is 39.1 Å². The minimum Gasteiger partial charge on any atom is -0.486 e. The van der Waals surface area contributed by atoms with Gasteiger partial charge in [0.1, 0.15) is 18.0 Å². The van der Waals surface area contributed by atoms with Crippen molar-refractivity contribution in [3.05, 3.63) is 114 Å². The number of ether oxygens (including phenoxy) is 3. The Labute approximate surface area is 443 Å². The molecule has 1 amide bonds. The number of H-pyrrole nitrogens is 1. The number of Topliss-reactive ketones (excluding diaryl/α,β-unsaturated/α-hetero) is 1. The highest BCUT2D eigenvalue weighted by molar-refractivity contribution is 6.02. The number of hydrogen-bond acceptors (Lipinski definition) is 11. The summed E-state index contributed by atoms with van der Waals surface area (Å²) >= 11 is 0. The normalized spacial score (nSPS) is 40.1. The summed E-state index contributed by atoms with van der Waals surface area (Å²) in [5.74, 6) is 2.44. The Morgan fingerprint density at radius 1 is 0.816 bits per heavy atom. The first-order chi connectivity index (χ1) is 36.1. The number of hydrogen-bond donors (Lipinski definition) is 5. The van der Waals surface area contributed by atoms with Crippen molar-refractivity contribution in [3.8, 4) is 18.1 Å². The highest BCUT2D eigenvalue weighted by Gasteiger charge is 2.77. The van der Waals surface area contributed by atoms with Crippen molar-refractivity contribution >= 4 is 51.0 Å². The molecular formula is C63H69N3O10. The van der Waals surface area contributed by atoms with Gasteiger partial charge in [0.05, 0.1) is 29.3 Å². The molecule has 6 saturated carbocycles. The van der Waals surface area contributed by atoms with Crippen LogP contribution in [0.25, 0.3) is 21.8 Å². The molecule has 396 valence electrons. The van der Waals surface area contributed by atoms with Crippen LogP contribution in [0.1, 0.15) is 105 Å².